The molecule has 9 heteroatoms. The van der Waals surface area contributed by atoms with Gasteiger partial charge in [0, 0.05) is 17.7 Å². The van der Waals surface area contributed by atoms with Crippen LogP contribution in [0.25, 0.3) is 12.2 Å². The molecule has 5 atom stereocenters. The summed E-state index contributed by atoms with van der Waals surface area (Å²) in [5.41, 5.74) is 0.916. The first-order chi connectivity index (χ1) is 13.8. The van der Waals surface area contributed by atoms with E-state index < -0.39 is 37.3 Å². The predicted octanol–water partition coefficient (Wildman–Crippen LogP) is 0.152. The first-order valence-corrected chi connectivity index (χ1v) is 8.80. The van der Waals surface area contributed by atoms with Gasteiger partial charge in [-0.2, -0.15) is 0 Å². The van der Waals surface area contributed by atoms with Gasteiger partial charge in [-0.3, -0.25) is 0 Å². The van der Waals surface area contributed by atoms with Crippen molar-refractivity contribution in [3.8, 4) is 23.0 Å². The second-order valence-corrected chi connectivity index (χ2v) is 6.65. The van der Waals surface area contributed by atoms with Gasteiger partial charge in [-0.15, -0.1) is 0 Å². The molecule has 1 heterocycles. The summed E-state index contributed by atoms with van der Waals surface area (Å²) >= 11 is 0. The molecule has 1 aliphatic rings. The zero-order valence-electron chi connectivity index (χ0n) is 15.2. The summed E-state index contributed by atoms with van der Waals surface area (Å²) in [6.07, 6.45) is -4.04. The van der Waals surface area contributed by atoms with E-state index in [0.29, 0.717) is 11.1 Å². The number of phenols is 3. The molecule has 7 N–H and O–H groups in total. The number of ether oxygens (including phenoxy) is 2. The molecule has 0 bridgehead atoms. The van der Waals surface area contributed by atoms with Crippen LogP contribution in [-0.2, 0) is 4.74 Å². The lowest BCUT2D eigenvalue weighted by Gasteiger charge is -2.39. The topological polar surface area (TPSA) is 160 Å². The van der Waals surface area contributed by atoms with E-state index in [0.717, 1.165) is 0 Å². The number of aromatic hydroxyl groups is 3. The van der Waals surface area contributed by atoms with Crippen molar-refractivity contribution in [1.82, 2.24) is 0 Å². The molecule has 156 valence electrons. The summed E-state index contributed by atoms with van der Waals surface area (Å²) in [6, 6.07) is 8.31. The van der Waals surface area contributed by atoms with E-state index in [1.807, 2.05) is 0 Å². The van der Waals surface area contributed by atoms with Crippen LogP contribution >= 0.6 is 0 Å². The summed E-state index contributed by atoms with van der Waals surface area (Å²) in [4.78, 5) is 0. The Balaban J connectivity index is 1.79. The van der Waals surface area contributed by atoms with Gasteiger partial charge >= 0.3 is 0 Å². The summed E-state index contributed by atoms with van der Waals surface area (Å²) in [5.74, 6) is -0.253. The van der Waals surface area contributed by atoms with Gasteiger partial charge in [0.1, 0.15) is 47.4 Å². The number of rotatable bonds is 5. The maximum atomic E-state index is 10.1. The maximum Gasteiger partial charge on any atom is 0.229 e. The van der Waals surface area contributed by atoms with Gasteiger partial charge in [-0.1, -0.05) is 12.2 Å². The third kappa shape index (κ3) is 4.78. The number of aliphatic hydroxyl groups is 4. The van der Waals surface area contributed by atoms with Crippen molar-refractivity contribution in [2.24, 2.45) is 0 Å². The first-order valence-electron chi connectivity index (χ1n) is 8.80. The van der Waals surface area contributed by atoms with Crippen LogP contribution in [0.4, 0.5) is 0 Å². The average molecular weight is 406 g/mol. The Bertz CT molecular complexity index is 880. The van der Waals surface area contributed by atoms with Crippen LogP contribution < -0.4 is 4.74 Å². The third-order valence-corrected chi connectivity index (χ3v) is 4.48. The normalized spacial score (nSPS) is 27.2. The van der Waals surface area contributed by atoms with Crippen LogP contribution in [0.3, 0.4) is 0 Å². The quantitative estimate of drug-likeness (QED) is 0.343. The van der Waals surface area contributed by atoms with E-state index in [1.54, 1.807) is 12.2 Å². The smallest absolute Gasteiger partial charge is 0.229 e. The fraction of sp³-hybridized carbons (Fsp3) is 0.300. The third-order valence-electron chi connectivity index (χ3n) is 4.48. The van der Waals surface area contributed by atoms with Crippen molar-refractivity contribution in [2.45, 2.75) is 30.7 Å². The van der Waals surface area contributed by atoms with Gasteiger partial charge in [0.15, 0.2) is 0 Å². The van der Waals surface area contributed by atoms with Crippen LogP contribution in [0.2, 0.25) is 0 Å². The zero-order chi connectivity index (χ0) is 21.1. The van der Waals surface area contributed by atoms with Crippen molar-refractivity contribution >= 4 is 12.2 Å². The highest BCUT2D eigenvalue weighted by atomic mass is 16.7. The highest BCUT2D eigenvalue weighted by Gasteiger charge is 2.44. The minimum Gasteiger partial charge on any atom is -0.508 e. The molecule has 0 amide bonds. The van der Waals surface area contributed by atoms with Crippen LogP contribution in [-0.4, -0.2) is 73.1 Å². The van der Waals surface area contributed by atoms with E-state index in [4.69, 9.17) is 9.47 Å². The molecule has 0 aromatic heterocycles. The SMILES string of the molecule is OC[C@@H]1O[C@H](Oc2cc(O)cc(/C=C/c3ccc(O)cc3O)c2)[C@@H](O)[C@H](O)[C@H]1O. The average Bonchev–Trinajstić information content (AvgIpc) is 2.67. The number of aliphatic hydroxyl groups excluding tert-OH is 4. The van der Waals surface area contributed by atoms with E-state index in [9.17, 15) is 35.7 Å². The maximum absolute atomic E-state index is 10.1. The first kappa shape index (κ1) is 20.9. The minimum atomic E-state index is -1.58. The Morgan fingerprint density at radius 2 is 1.62 bits per heavy atom. The fourth-order valence-electron chi connectivity index (χ4n) is 2.93. The molecule has 2 aromatic rings. The second-order valence-electron chi connectivity index (χ2n) is 6.65. The standard InChI is InChI=1S/C20H22O9/c21-9-16-17(25)18(26)19(27)20(29-16)28-14-6-10(5-13(23)7-14)1-2-11-3-4-12(22)8-15(11)24/h1-8,16-27H,9H2/b2-1+/t16-,17-,18+,19-,20-/m0/s1. The highest BCUT2D eigenvalue weighted by Crippen LogP contribution is 2.29. The lowest BCUT2D eigenvalue weighted by Crippen LogP contribution is -2.60. The molecule has 9 nitrogen and oxygen atoms in total. The van der Waals surface area contributed by atoms with Gasteiger partial charge in [0.2, 0.25) is 6.29 Å². The van der Waals surface area contributed by atoms with Crippen molar-refractivity contribution in [3.05, 3.63) is 47.5 Å². The number of hydrogen-bond donors (Lipinski definition) is 7. The zero-order valence-corrected chi connectivity index (χ0v) is 15.2. The Morgan fingerprint density at radius 1 is 0.862 bits per heavy atom. The summed E-state index contributed by atoms with van der Waals surface area (Å²) < 4.78 is 10.8. The van der Waals surface area contributed by atoms with Crippen molar-refractivity contribution in [2.75, 3.05) is 6.61 Å². The largest absolute Gasteiger partial charge is 0.508 e. The summed E-state index contributed by atoms with van der Waals surface area (Å²) in [6.45, 7) is -0.588. The number of phenolic OH excluding ortho intramolecular Hbond substituents is 3. The molecule has 1 fully saturated rings. The number of benzene rings is 2. The van der Waals surface area contributed by atoms with Gasteiger partial charge in [-0.25, -0.2) is 0 Å². The van der Waals surface area contributed by atoms with Gasteiger partial charge in [0.25, 0.3) is 0 Å². The van der Waals surface area contributed by atoms with Crippen molar-refractivity contribution < 1.29 is 45.2 Å². The van der Waals surface area contributed by atoms with E-state index in [1.165, 1.54) is 36.4 Å². The Kier molecular flexibility index (Phi) is 6.26. The van der Waals surface area contributed by atoms with Gasteiger partial charge < -0.3 is 45.2 Å². The van der Waals surface area contributed by atoms with Gasteiger partial charge in [0.05, 0.1) is 6.61 Å². The van der Waals surface area contributed by atoms with Crippen molar-refractivity contribution in [1.29, 1.82) is 0 Å². The van der Waals surface area contributed by atoms with Crippen LogP contribution in [0, 0.1) is 0 Å². The lowest BCUT2D eigenvalue weighted by molar-refractivity contribution is -0.277. The molecule has 0 unspecified atom stereocenters. The summed E-state index contributed by atoms with van der Waals surface area (Å²) in [5, 5.41) is 68.0. The molecule has 0 aliphatic carbocycles. The van der Waals surface area contributed by atoms with E-state index >= 15 is 0 Å². The van der Waals surface area contributed by atoms with Gasteiger partial charge in [-0.05, 0) is 29.8 Å². The Morgan fingerprint density at radius 3 is 2.31 bits per heavy atom. The molecular weight excluding hydrogens is 384 g/mol. The second kappa shape index (κ2) is 8.68. The van der Waals surface area contributed by atoms with Crippen LogP contribution in [0.5, 0.6) is 23.0 Å². The van der Waals surface area contributed by atoms with Crippen LogP contribution in [0.1, 0.15) is 11.1 Å². The number of hydrogen-bond acceptors (Lipinski definition) is 9. The predicted molar refractivity (Wildman–Crippen MR) is 101 cm³/mol. The Labute approximate surface area is 165 Å². The summed E-state index contributed by atoms with van der Waals surface area (Å²) in [7, 11) is 0. The minimum absolute atomic E-state index is 0.0766. The highest BCUT2D eigenvalue weighted by molar-refractivity contribution is 5.73. The monoisotopic (exact) mass is 406 g/mol. The molecule has 1 saturated heterocycles. The molecule has 0 spiro atoms. The Hall–Kier alpha value is -2.82. The van der Waals surface area contributed by atoms with Crippen LogP contribution in [0.15, 0.2) is 36.4 Å². The molecule has 0 saturated carbocycles. The van der Waals surface area contributed by atoms with Crippen molar-refractivity contribution in [3.63, 3.8) is 0 Å². The molecule has 3 rings (SSSR count). The lowest BCUT2D eigenvalue weighted by atomic mass is 9.99. The molecule has 2 aromatic carbocycles. The molecule has 0 radical (unpaired) electrons. The fourth-order valence-corrected chi connectivity index (χ4v) is 2.93. The molecular formula is C20H22O9. The van der Waals surface area contributed by atoms with E-state index in [2.05, 4.69) is 0 Å². The molecule has 1 aliphatic heterocycles. The molecule has 29 heavy (non-hydrogen) atoms. The van der Waals surface area contributed by atoms with E-state index in [-0.39, 0.29) is 23.0 Å².